The van der Waals surface area contributed by atoms with Gasteiger partial charge in [0.2, 0.25) is 0 Å². The molecule has 0 N–H and O–H groups in total. The van der Waals surface area contributed by atoms with E-state index in [-0.39, 0.29) is 11.2 Å². The summed E-state index contributed by atoms with van der Waals surface area (Å²) in [5.74, 6) is 1.00. The monoisotopic (exact) mass is 346 g/mol. The molecule has 2 fully saturated rings. The minimum atomic E-state index is -0.261. The summed E-state index contributed by atoms with van der Waals surface area (Å²) in [5.41, 5.74) is 0.614. The number of aromatic nitrogens is 4. The van der Waals surface area contributed by atoms with Gasteiger partial charge in [-0.3, -0.25) is 13.9 Å². The summed E-state index contributed by atoms with van der Waals surface area (Å²) in [6, 6.07) is 0. The van der Waals surface area contributed by atoms with Gasteiger partial charge in [-0.15, -0.1) is 0 Å². The highest BCUT2D eigenvalue weighted by Gasteiger charge is 2.26. The first-order valence-corrected chi connectivity index (χ1v) is 9.26. The fourth-order valence-electron chi connectivity index (χ4n) is 4.01. The molecule has 0 atom stereocenters. The first kappa shape index (κ1) is 16.6. The van der Waals surface area contributed by atoms with Gasteiger partial charge >= 0.3 is 5.69 Å². The molecule has 0 bridgehead atoms. The third kappa shape index (κ3) is 3.05. The number of aryl methyl sites for hydroxylation is 1. The summed E-state index contributed by atoms with van der Waals surface area (Å²) in [6.45, 7) is 1.31. The number of rotatable bonds is 5. The molecule has 25 heavy (non-hydrogen) atoms. The van der Waals surface area contributed by atoms with Crippen molar-refractivity contribution >= 4 is 11.2 Å². The Balaban J connectivity index is 1.68. The molecule has 7 nitrogen and oxygen atoms in total. The topological polar surface area (TPSA) is 71.1 Å². The summed E-state index contributed by atoms with van der Waals surface area (Å²) in [4.78, 5) is 30.1. The third-order valence-electron chi connectivity index (χ3n) is 5.82. The van der Waals surface area contributed by atoms with Gasteiger partial charge in [-0.25, -0.2) is 9.78 Å². The zero-order valence-corrected chi connectivity index (χ0v) is 15.0. The minimum absolute atomic E-state index is 0.190. The summed E-state index contributed by atoms with van der Waals surface area (Å²) >= 11 is 0. The Morgan fingerprint density at radius 3 is 2.36 bits per heavy atom. The van der Waals surface area contributed by atoms with E-state index in [2.05, 4.69) is 4.98 Å². The van der Waals surface area contributed by atoms with Gasteiger partial charge in [0.1, 0.15) is 0 Å². The van der Waals surface area contributed by atoms with Crippen LogP contribution in [0.25, 0.3) is 11.2 Å². The number of imidazole rings is 1. The van der Waals surface area contributed by atoms with Crippen LogP contribution in [0.5, 0.6) is 0 Å². The molecule has 0 radical (unpaired) electrons. The zero-order valence-electron chi connectivity index (χ0n) is 15.0. The molecule has 2 aromatic heterocycles. The first-order chi connectivity index (χ1) is 12.1. The van der Waals surface area contributed by atoms with Crippen molar-refractivity contribution in [1.29, 1.82) is 0 Å². The van der Waals surface area contributed by atoms with Gasteiger partial charge in [0.25, 0.3) is 5.56 Å². The molecular formula is C18H26N4O3. The molecule has 0 saturated heterocycles. The van der Waals surface area contributed by atoms with Crippen LogP contribution < -0.4 is 11.2 Å². The number of methoxy groups -OCH3 is 1. The van der Waals surface area contributed by atoms with Gasteiger partial charge in [0, 0.05) is 27.2 Å². The Kier molecular flexibility index (Phi) is 4.27. The van der Waals surface area contributed by atoms with E-state index in [1.54, 1.807) is 20.5 Å². The molecule has 2 aromatic rings. The van der Waals surface area contributed by atoms with Gasteiger partial charge in [-0.05, 0) is 50.4 Å². The van der Waals surface area contributed by atoms with Crippen LogP contribution in [0.2, 0.25) is 0 Å². The second kappa shape index (κ2) is 6.44. The number of fused-ring (bicyclic) bond motifs is 1. The van der Waals surface area contributed by atoms with Gasteiger partial charge < -0.3 is 9.30 Å². The van der Waals surface area contributed by atoms with E-state index in [9.17, 15) is 9.59 Å². The lowest BCUT2D eigenvalue weighted by Crippen LogP contribution is -2.41. The second-order valence-electron chi connectivity index (χ2n) is 7.65. The lowest BCUT2D eigenvalue weighted by Gasteiger charge is -2.27. The summed E-state index contributed by atoms with van der Waals surface area (Å²) in [5, 5.41) is 0. The molecule has 2 heterocycles. The second-order valence-corrected chi connectivity index (χ2v) is 7.65. The lowest BCUT2D eigenvalue weighted by molar-refractivity contribution is 0.0538. The highest BCUT2D eigenvalue weighted by Crippen LogP contribution is 2.31. The van der Waals surface area contributed by atoms with Crippen molar-refractivity contribution in [3.8, 4) is 0 Å². The largest absolute Gasteiger partial charge is 0.381 e. The highest BCUT2D eigenvalue weighted by atomic mass is 16.5. The molecule has 2 aliphatic carbocycles. The van der Waals surface area contributed by atoms with Crippen molar-refractivity contribution in [2.75, 3.05) is 7.11 Å². The molecule has 0 aromatic carbocycles. The maximum Gasteiger partial charge on any atom is 0.332 e. The van der Waals surface area contributed by atoms with Crippen LogP contribution >= 0.6 is 0 Å². The van der Waals surface area contributed by atoms with Gasteiger partial charge in [-0.1, -0.05) is 0 Å². The highest BCUT2D eigenvalue weighted by molar-refractivity contribution is 5.69. The van der Waals surface area contributed by atoms with Gasteiger partial charge in [0.15, 0.2) is 11.2 Å². The third-order valence-corrected chi connectivity index (χ3v) is 5.82. The average Bonchev–Trinajstić information content (AvgIpc) is 3.34. The van der Waals surface area contributed by atoms with Crippen LogP contribution in [0.3, 0.4) is 0 Å². The maximum atomic E-state index is 13.0. The smallest absolute Gasteiger partial charge is 0.332 e. The molecular weight excluding hydrogens is 320 g/mol. The minimum Gasteiger partial charge on any atom is -0.381 e. The zero-order chi connectivity index (χ0) is 17.6. The van der Waals surface area contributed by atoms with E-state index >= 15 is 0 Å². The molecule has 0 unspecified atom stereocenters. The first-order valence-electron chi connectivity index (χ1n) is 9.26. The van der Waals surface area contributed by atoms with Crippen LogP contribution in [0.1, 0.15) is 38.5 Å². The Morgan fingerprint density at radius 2 is 1.72 bits per heavy atom. The summed E-state index contributed by atoms with van der Waals surface area (Å²) < 4.78 is 10.3. The molecule has 7 heteroatoms. The standard InChI is InChI=1S/C18H26N4O3/c1-20-16-15(21(11-19-16)9-12-3-4-12)17(23)22(18(20)24)10-13-5-7-14(25-2)8-6-13/h11-14H,3-10H2,1-2H3. The summed E-state index contributed by atoms with van der Waals surface area (Å²) in [7, 11) is 3.46. The lowest BCUT2D eigenvalue weighted by atomic mass is 9.87. The van der Waals surface area contributed by atoms with Crippen LogP contribution in [0.4, 0.5) is 0 Å². The van der Waals surface area contributed by atoms with E-state index < -0.39 is 0 Å². The number of hydrogen-bond donors (Lipinski definition) is 0. The Labute approximate surface area is 146 Å². The van der Waals surface area contributed by atoms with Crippen LogP contribution in [-0.4, -0.2) is 31.9 Å². The van der Waals surface area contributed by atoms with Gasteiger partial charge in [0.05, 0.1) is 12.4 Å². The van der Waals surface area contributed by atoms with Crippen molar-refractivity contribution in [1.82, 2.24) is 18.7 Å². The summed E-state index contributed by atoms with van der Waals surface area (Å²) in [6.07, 6.45) is 8.43. The van der Waals surface area contributed by atoms with Crippen LogP contribution in [0.15, 0.2) is 15.9 Å². The van der Waals surface area contributed by atoms with E-state index in [0.717, 1.165) is 32.2 Å². The van der Waals surface area contributed by atoms with E-state index in [0.29, 0.717) is 35.6 Å². The molecule has 4 rings (SSSR count). The van der Waals surface area contributed by atoms with E-state index in [4.69, 9.17) is 4.74 Å². The van der Waals surface area contributed by atoms with Crippen molar-refractivity contribution in [2.24, 2.45) is 18.9 Å². The van der Waals surface area contributed by atoms with Crippen molar-refractivity contribution in [2.45, 2.75) is 57.7 Å². The molecule has 2 aliphatic rings. The van der Waals surface area contributed by atoms with Crippen molar-refractivity contribution in [3.63, 3.8) is 0 Å². The quantitative estimate of drug-likeness (QED) is 0.823. The Morgan fingerprint density at radius 1 is 1.08 bits per heavy atom. The van der Waals surface area contributed by atoms with Gasteiger partial charge in [-0.2, -0.15) is 0 Å². The predicted octanol–water partition coefficient (Wildman–Crippen LogP) is 1.51. The average molecular weight is 346 g/mol. The predicted molar refractivity (Wildman–Crippen MR) is 94.7 cm³/mol. The van der Waals surface area contributed by atoms with E-state index in [1.165, 1.54) is 22.0 Å². The fourth-order valence-corrected chi connectivity index (χ4v) is 4.01. The molecule has 0 spiro atoms. The molecule has 2 saturated carbocycles. The van der Waals surface area contributed by atoms with E-state index in [1.807, 2.05) is 4.57 Å². The normalized spacial score (nSPS) is 24.1. The van der Waals surface area contributed by atoms with Crippen LogP contribution in [-0.2, 0) is 24.9 Å². The number of nitrogens with zero attached hydrogens (tertiary/aromatic N) is 4. The van der Waals surface area contributed by atoms with Crippen molar-refractivity contribution in [3.05, 3.63) is 27.2 Å². The molecule has 0 amide bonds. The Hall–Kier alpha value is -1.89. The Bertz CT molecular complexity index is 882. The SMILES string of the molecule is COC1CCC(Cn2c(=O)c3c(ncn3CC3CC3)n(C)c2=O)CC1. The molecule has 0 aliphatic heterocycles. The number of ether oxygens (including phenoxy) is 1. The fraction of sp³-hybridized carbons (Fsp3) is 0.722. The maximum absolute atomic E-state index is 13.0. The van der Waals surface area contributed by atoms with Crippen LogP contribution in [0, 0.1) is 11.8 Å². The molecule has 136 valence electrons. The number of hydrogen-bond acceptors (Lipinski definition) is 4. The van der Waals surface area contributed by atoms with Crippen molar-refractivity contribution < 1.29 is 4.74 Å².